The van der Waals surface area contributed by atoms with E-state index in [9.17, 15) is 0 Å². The minimum Gasteiger partial charge on any atom is -0.383 e. The summed E-state index contributed by atoms with van der Waals surface area (Å²) in [5.41, 5.74) is 0.430. The fraction of sp³-hybridized carbons (Fsp3) is 1.00. The third-order valence-corrected chi connectivity index (χ3v) is 4.08. The Kier molecular flexibility index (Phi) is 3.57. The summed E-state index contributed by atoms with van der Waals surface area (Å²) in [6, 6.07) is 0.367. The molecular formula is C13H25NO2. The molecule has 2 fully saturated rings. The van der Waals surface area contributed by atoms with Gasteiger partial charge in [0, 0.05) is 13.7 Å². The van der Waals surface area contributed by atoms with Crippen LogP contribution in [0, 0.1) is 5.41 Å². The summed E-state index contributed by atoms with van der Waals surface area (Å²) < 4.78 is 11.5. The number of hydrogen-bond acceptors (Lipinski definition) is 3. The molecule has 1 saturated heterocycles. The SMILES string of the molecule is COCC1NCCOC12CCCC(C)(C)C2. The zero-order valence-corrected chi connectivity index (χ0v) is 10.8. The highest BCUT2D eigenvalue weighted by Crippen LogP contribution is 2.45. The lowest BCUT2D eigenvalue weighted by Crippen LogP contribution is -2.62. The molecule has 1 heterocycles. The third kappa shape index (κ3) is 2.41. The smallest absolute Gasteiger partial charge is 0.0863 e. The fourth-order valence-corrected chi connectivity index (χ4v) is 3.43. The molecule has 0 aromatic heterocycles. The molecule has 1 aliphatic heterocycles. The van der Waals surface area contributed by atoms with Gasteiger partial charge in [-0.05, 0) is 31.1 Å². The second-order valence-corrected chi connectivity index (χ2v) is 6.07. The minimum atomic E-state index is 0.0238. The maximum Gasteiger partial charge on any atom is 0.0863 e. The van der Waals surface area contributed by atoms with Crippen LogP contribution in [-0.2, 0) is 9.47 Å². The molecule has 1 spiro atoms. The molecule has 1 saturated carbocycles. The summed E-state index contributed by atoms with van der Waals surface area (Å²) >= 11 is 0. The number of methoxy groups -OCH3 is 1. The highest BCUT2D eigenvalue weighted by molar-refractivity contribution is 5.01. The van der Waals surface area contributed by atoms with Gasteiger partial charge >= 0.3 is 0 Å². The monoisotopic (exact) mass is 227 g/mol. The number of nitrogens with one attached hydrogen (secondary N) is 1. The van der Waals surface area contributed by atoms with E-state index < -0.39 is 0 Å². The Morgan fingerprint density at radius 2 is 2.19 bits per heavy atom. The van der Waals surface area contributed by atoms with Crippen LogP contribution in [0.5, 0.6) is 0 Å². The van der Waals surface area contributed by atoms with Crippen molar-refractivity contribution in [3.8, 4) is 0 Å². The van der Waals surface area contributed by atoms with Gasteiger partial charge in [-0.15, -0.1) is 0 Å². The van der Waals surface area contributed by atoms with E-state index in [1.807, 2.05) is 0 Å². The van der Waals surface area contributed by atoms with E-state index in [1.165, 1.54) is 19.3 Å². The summed E-state index contributed by atoms with van der Waals surface area (Å²) in [4.78, 5) is 0. The van der Waals surface area contributed by atoms with E-state index in [0.29, 0.717) is 11.5 Å². The lowest BCUT2D eigenvalue weighted by molar-refractivity contribution is -0.149. The first-order chi connectivity index (χ1) is 7.58. The van der Waals surface area contributed by atoms with Gasteiger partial charge in [0.15, 0.2) is 0 Å². The molecule has 0 amide bonds. The molecule has 16 heavy (non-hydrogen) atoms. The highest BCUT2D eigenvalue weighted by atomic mass is 16.5. The van der Waals surface area contributed by atoms with Crippen molar-refractivity contribution in [1.29, 1.82) is 0 Å². The molecule has 94 valence electrons. The minimum absolute atomic E-state index is 0.0238. The average Bonchev–Trinajstić information content (AvgIpc) is 2.20. The van der Waals surface area contributed by atoms with E-state index >= 15 is 0 Å². The van der Waals surface area contributed by atoms with E-state index in [-0.39, 0.29) is 5.60 Å². The van der Waals surface area contributed by atoms with Crippen molar-refractivity contribution < 1.29 is 9.47 Å². The second kappa shape index (κ2) is 4.63. The molecule has 0 aromatic carbocycles. The van der Waals surface area contributed by atoms with Crippen LogP contribution < -0.4 is 5.32 Å². The van der Waals surface area contributed by atoms with Crippen LogP contribution in [-0.4, -0.2) is 38.5 Å². The molecule has 1 aliphatic carbocycles. The van der Waals surface area contributed by atoms with Gasteiger partial charge in [0.05, 0.1) is 24.9 Å². The summed E-state index contributed by atoms with van der Waals surface area (Å²) in [7, 11) is 1.78. The zero-order valence-electron chi connectivity index (χ0n) is 10.8. The number of ether oxygens (including phenoxy) is 2. The summed E-state index contributed by atoms with van der Waals surface area (Å²) in [6.45, 7) is 7.27. The quantitative estimate of drug-likeness (QED) is 0.782. The van der Waals surface area contributed by atoms with Gasteiger partial charge in [0.1, 0.15) is 0 Å². The van der Waals surface area contributed by atoms with E-state index in [1.54, 1.807) is 7.11 Å². The topological polar surface area (TPSA) is 30.5 Å². The zero-order chi connectivity index (χ0) is 11.6. The Morgan fingerprint density at radius 3 is 2.88 bits per heavy atom. The lowest BCUT2D eigenvalue weighted by atomic mass is 9.67. The first kappa shape index (κ1) is 12.3. The normalized spacial score (nSPS) is 38.8. The first-order valence-corrected chi connectivity index (χ1v) is 6.44. The van der Waals surface area contributed by atoms with Gasteiger partial charge in [-0.25, -0.2) is 0 Å². The molecule has 3 heteroatoms. The average molecular weight is 227 g/mol. The van der Waals surface area contributed by atoms with Crippen LogP contribution in [0.15, 0.2) is 0 Å². The molecular weight excluding hydrogens is 202 g/mol. The molecule has 0 bridgehead atoms. The number of hydrogen-bond donors (Lipinski definition) is 1. The molecule has 1 N–H and O–H groups in total. The standard InChI is InChI=1S/C13H25NO2/c1-12(2)5-4-6-13(10-12)11(9-15-3)14-7-8-16-13/h11,14H,4-10H2,1-3H3. The lowest BCUT2D eigenvalue weighted by Gasteiger charge is -2.51. The maximum absolute atomic E-state index is 6.16. The largest absolute Gasteiger partial charge is 0.383 e. The fourth-order valence-electron chi connectivity index (χ4n) is 3.43. The maximum atomic E-state index is 6.16. The molecule has 2 aliphatic rings. The number of rotatable bonds is 2. The van der Waals surface area contributed by atoms with Crippen LogP contribution in [0.25, 0.3) is 0 Å². The van der Waals surface area contributed by atoms with E-state index in [0.717, 1.165) is 26.2 Å². The Hall–Kier alpha value is -0.120. The summed E-state index contributed by atoms with van der Waals surface area (Å²) in [6.07, 6.45) is 4.92. The molecule has 2 unspecified atom stereocenters. The second-order valence-electron chi connectivity index (χ2n) is 6.07. The van der Waals surface area contributed by atoms with Crippen molar-refractivity contribution in [2.45, 2.75) is 51.2 Å². The van der Waals surface area contributed by atoms with Crippen molar-refractivity contribution in [2.75, 3.05) is 26.9 Å². The van der Waals surface area contributed by atoms with Crippen molar-refractivity contribution in [3.05, 3.63) is 0 Å². The van der Waals surface area contributed by atoms with Crippen molar-refractivity contribution in [1.82, 2.24) is 5.32 Å². The summed E-state index contributed by atoms with van der Waals surface area (Å²) in [5, 5.41) is 3.57. The first-order valence-electron chi connectivity index (χ1n) is 6.44. The Labute approximate surface area is 98.9 Å². The molecule has 2 atom stereocenters. The van der Waals surface area contributed by atoms with Crippen molar-refractivity contribution in [2.24, 2.45) is 5.41 Å². The van der Waals surface area contributed by atoms with Gasteiger partial charge in [0.25, 0.3) is 0 Å². The Bertz CT molecular complexity index is 236. The van der Waals surface area contributed by atoms with Crippen LogP contribution in [0.1, 0.15) is 39.5 Å². The van der Waals surface area contributed by atoms with Gasteiger partial charge in [0.2, 0.25) is 0 Å². The Morgan fingerprint density at radius 1 is 1.38 bits per heavy atom. The molecule has 0 radical (unpaired) electrons. The van der Waals surface area contributed by atoms with Crippen molar-refractivity contribution in [3.63, 3.8) is 0 Å². The van der Waals surface area contributed by atoms with Crippen molar-refractivity contribution >= 4 is 0 Å². The molecule has 0 aromatic rings. The predicted molar refractivity (Wildman–Crippen MR) is 64.6 cm³/mol. The Balaban J connectivity index is 2.12. The predicted octanol–water partition coefficient (Wildman–Crippen LogP) is 1.96. The van der Waals surface area contributed by atoms with Crippen LogP contribution in [0.2, 0.25) is 0 Å². The van der Waals surface area contributed by atoms with Gasteiger partial charge < -0.3 is 14.8 Å². The van der Waals surface area contributed by atoms with Crippen LogP contribution in [0.3, 0.4) is 0 Å². The number of morpholine rings is 1. The molecule has 3 nitrogen and oxygen atoms in total. The third-order valence-electron chi connectivity index (χ3n) is 4.08. The van der Waals surface area contributed by atoms with Crippen LogP contribution >= 0.6 is 0 Å². The highest BCUT2D eigenvalue weighted by Gasteiger charge is 2.47. The van der Waals surface area contributed by atoms with E-state index in [4.69, 9.17) is 9.47 Å². The van der Waals surface area contributed by atoms with E-state index in [2.05, 4.69) is 19.2 Å². The molecule has 2 rings (SSSR count). The van der Waals surface area contributed by atoms with Gasteiger partial charge in [-0.2, -0.15) is 0 Å². The summed E-state index contributed by atoms with van der Waals surface area (Å²) in [5.74, 6) is 0. The van der Waals surface area contributed by atoms with Gasteiger partial charge in [-0.1, -0.05) is 13.8 Å². The van der Waals surface area contributed by atoms with Gasteiger partial charge in [-0.3, -0.25) is 0 Å². The van der Waals surface area contributed by atoms with Crippen LogP contribution in [0.4, 0.5) is 0 Å².